The molecule has 1 aromatic rings. The molecule has 0 aliphatic rings. The van der Waals surface area contributed by atoms with Crippen LogP contribution in [0.25, 0.3) is 0 Å². The quantitative estimate of drug-likeness (QED) is 0.449. The monoisotopic (exact) mass is 370 g/mol. The van der Waals surface area contributed by atoms with E-state index < -0.39 is 0 Å². The fourth-order valence-corrected chi connectivity index (χ4v) is 2.06. The van der Waals surface area contributed by atoms with E-state index in [9.17, 15) is 0 Å². The minimum Gasteiger partial charge on any atom is -0.492 e. The van der Waals surface area contributed by atoms with Crippen molar-refractivity contribution in [1.29, 1.82) is 0 Å². The molecule has 0 saturated carbocycles. The van der Waals surface area contributed by atoms with Crippen LogP contribution >= 0.6 is 38.5 Å². The van der Waals surface area contributed by atoms with Gasteiger partial charge in [0.05, 0.1) is 11.1 Å². The van der Waals surface area contributed by atoms with Gasteiger partial charge in [-0.25, -0.2) is 0 Å². The third-order valence-electron chi connectivity index (χ3n) is 1.67. The Labute approximate surface area is 104 Å². The van der Waals surface area contributed by atoms with E-state index in [-0.39, 0.29) is 0 Å². The molecular weight excluding hydrogens is 359 g/mol. The second-order valence-electron chi connectivity index (χ2n) is 2.75. The number of halogens is 2. The Hall–Kier alpha value is 0.447. The fourth-order valence-electron chi connectivity index (χ4n) is 0.922. The number of ether oxygens (including phenoxy) is 1. The standard InChI is InChI=1S/C9H12BrIOSi/c10-9-7(11)3-1-4-8(9)12-5-2-6-13/h1,3-4H,2,5-6H2,13H3. The molecule has 0 heterocycles. The molecule has 13 heavy (non-hydrogen) atoms. The zero-order valence-corrected chi connectivity index (χ0v) is 13.3. The van der Waals surface area contributed by atoms with Crippen LogP contribution in [-0.2, 0) is 0 Å². The molecule has 0 aromatic heterocycles. The molecule has 72 valence electrons. The Morgan fingerprint density at radius 1 is 1.46 bits per heavy atom. The van der Waals surface area contributed by atoms with Crippen molar-refractivity contribution >= 4 is 48.8 Å². The summed E-state index contributed by atoms with van der Waals surface area (Å²) >= 11 is 5.80. The largest absolute Gasteiger partial charge is 0.492 e. The van der Waals surface area contributed by atoms with Crippen molar-refractivity contribution in [3.05, 3.63) is 26.2 Å². The van der Waals surface area contributed by atoms with Gasteiger partial charge < -0.3 is 4.74 Å². The molecule has 0 unspecified atom stereocenters. The van der Waals surface area contributed by atoms with Crippen LogP contribution in [0.15, 0.2) is 22.7 Å². The van der Waals surface area contributed by atoms with E-state index in [1.54, 1.807) is 0 Å². The zero-order chi connectivity index (χ0) is 9.68. The second-order valence-corrected chi connectivity index (χ2v) is 5.71. The van der Waals surface area contributed by atoms with Crippen LogP contribution in [0.5, 0.6) is 5.75 Å². The van der Waals surface area contributed by atoms with E-state index in [1.807, 2.05) is 12.1 Å². The molecule has 0 atom stereocenters. The second kappa shape index (κ2) is 6.03. The van der Waals surface area contributed by atoms with Crippen molar-refractivity contribution in [2.24, 2.45) is 0 Å². The van der Waals surface area contributed by atoms with E-state index in [0.717, 1.165) is 16.8 Å². The van der Waals surface area contributed by atoms with Crippen molar-refractivity contribution in [1.82, 2.24) is 0 Å². The first-order valence-corrected chi connectivity index (χ1v) is 7.61. The highest BCUT2D eigenvalue weighted by Gasteiger charge is 2.03. The van der Waals surface area contributed by atoms with Gasteiger partial charge in [0.1, 0.15) is 5.75 Å². The maximum atomic E-state index is 5.63. The van der Waals surface area contributed by atoms with Crippen molar-refractivity contribution in [3.63, 3.8) is 0 Å². The summed E-state index contributed by atoms with van der Waals surface area (Å²) in [4.78, 5) is 0. The first kappa shape index (κ1) is 11.5. The Morgan fingerprint density at radius 3 is 2.92 bits per heavy atom. The van der Waals surface area contributed by atoms with Crippen LogP contribution in [0.4, 0.5) is 0 Å². The summed E-state index contributed by atoms with van der Waals surface area (Å²) in [5.74, 6) is 0.960. The van der Waals surface area contributed by atoms with E-state index in [2.05, 4.69) is 44.6 Å². The smallest absolute Gasteiger partial charge is 0.134 e. The summed E-state index contributed by atoms with van der Waals surface area (Å²) in [6.07, 6.45) is 1.17. The Bertz CT molecular complexity index is 280. The van der Waals surface area contributed by atoms with Gasteiger partial charge in [0, 0.05) is 13.8 Å². The van der Waals surface area contributed by atoms with Crippen molar-refractivity contribution in [3.8, 4) is 5.75 Å². The predicted octanol–water partition coefficient (Wildman–Crippen LogP) is 2.61. The molecule has 0 fully saturated rings. The zero-order valence-electron chi connectivity index (χ0n) is 7.52. The van der Waals surface area contributed by atoms with Gasteiger partial charge in [-0.2, -0.15) is 0 Å². The van der Waals surface area contributed by atoms with Gasteiger partial charge >= 0.3 is 0 Å². The van der Waals surface area contributed by atoms with Crippen molar-refractivity contribution in [2.45, 2.75) is 12.5 Å². The SMILES string of the molecule is [SiH3]CCCOc1cccc(I)c1Br. The summed E-state index contributed by atoms with van der Waals surface area (Å²) in [6, 6.07) is 7.38. The molecule has 0 bridgehead atoms. The lowest BCUT2D eigenvalue weighted by Crippen LogP contribution is -1.97. The molecule has 1 rings (SSSR count). The van der Waals surface area contributed by atoms with E-state index in [4.69, 9.17) is 4.74 Å². The molecule has 1 aromatic carbocycles. The number of rotatable bonds is 4. The van der Waals surface area contributed by atoms with Crippen LogP contribution in [0, 0.1) is 3.57 Å². The topological polar surface area (TPSA) is 9.23 Å². The van der Waals surface area contributed by atoms with Gasteiger partial charge in [0.2, 0.25) is 0 Å². The van der Waals surface area contributed by atoms with Crippen LogP contribution in [0.3, 0.4) is 0 Å². The molecule has 0 radical (unpaired) electrons. The normalized spacial score (nSPS) is 10.3. The Kier molecular flexibility index (Phi) is 5.34. The average Bonchev–Trinajstić information content (AvgIpc) is 2.13. The van der Waals surface area contributed by atoms with E-state index >= 15 is 0 Å². The molecular formula is C9H12BrIOSi. The Morgan fingerprint density at radius 2 is 2.23 bits per heavy atom. The molecule has 0 spiro atoms. The predicted molar refractivity (Wildman–Crippen MR) is 71.7 cm³/mol. The first-order valence-electron chi connectivity index (χ1n) is 4.32. The summed E-state index contributed by atoms with van der Waals surface area (Å²) in [6.45, 7) is 0.836. The fraction of sp³-hybridized carbons (Fsp3) is 0.333. The van der Waals surface area contributed by atoms with Crippen molar-refractivity contribution in [2.75, 3.05) is 6.61 Å². The summed E-state index contributed by atoms with van der Waals surface area (Å²) < 4.78 is 7.90. The van der Waals surface area contributed by atoms with Gasteiger partial charge in [-0.15, -0.1) is 0 Å². The van der Waals surface area contributed by atoms with Crippen LogP contribution in [0.1, 0.15) is 6.42 Å². The van der Waals surface area contributed by atoms with Gasteiger partial charge in [0.25, 0.3) is 0 Å². The summed E-state index contributed by atoms with van der Waals surface area (Å²) in [7, 11) is 1.27. The average molecular weight is 371 g/mol. The molecule has 0 N–H and O–H groups in total. The maximum Gasteiger partial charge on any atom is 0.134 e. The number of hydrogen-bond acceptors (Lipinski definition) is 1. The van der Waals surface area contributed by atoms with Crippen molar-refractivity contribution < 1.29 is 4.74 Å². The first-order chi connectivity index (χ1) is 6.25. The molecule has 0 saturated heterocycles. The number of hydrogen-bond donors (Lipinski definition) is 0. The molecule has 1 nitrogen and oxygen atoms in total. The van der Waals surface area contributed by atoms with E-state index in [1.165, 1.54) is 26.3 Å². The summed E-state index contributed by atoms with van der Waals surface area (Å²) in [5.41, 5.74) is 0. The van der Waals surface area contributed by atoms with E-state index in [0.29, 0.717) is 0 Å². The third-order valence-corrected chi connectivity index (χ3v) is 4.84. The number of benzene rings is 1. The molecule has 0 aliphatic heterocycles. The van der Waals surface area contributed by atoms with Gasteiger partial charge in [-0.05, 0) is 57.1 Å². The van der Waals surface area contributed by atoms with Crippen LogP contribution < -0.4 is 4.74 Å². The van der Waals surface area contributed by atoms with Gasteiger partial charge in [0.15, 0.2) is 0 Å². The highest BCUT2D eigenvalue weighted by Crippen LogP contribution is 2.29. The lowest BCUT2D eigenvalue weighted by molar-refractivity contribution is 0.315. The van der Waals surface area contributed by atoms with Crippen LogP contribution in [0.2, 0.25) is 6.04 Å². The highest BCUT2D eigenvalue weighted by atomic mass is 127. The van der Waals surface area contributed by atoms with Gasteiger partial charge in [-0.3, -0.25) is 0 Å². The minimum atomic E-state index is 0.836. The van der Waals surface area contributed by atoms with Gasteiger partial charge in [-0.1, -0.05) is 12.1 Å². The molecule has 0 amide bonds. The Balaban J connectivity index is 2.61. The highest BCUT2D eigenvalue weighted by molar-refractivity contribution is 14.1. The van der Waals surface area contributed by atoms with Crippen LogP contribution in [-0.4, -0.2) is 16.8 Å². The lowest BCUT2D eigenvalue weighted by atomic mass is 10.3. The minimum absolute atomic E-state index is 0.836. The summed E-state index contributed by atoms with van der Waals surface area (Å²) in [5, 5.41) is 0. The maximum absolute atomic E-state index is 5.63. The lowest BCUT2D eigenvalue weighted by Gasteiger charge is -2.07. The molecule has 4 heteroatoms. The third kappa shape index (κ3) is 3.59. The molecule has 0 aliphatic carbocycles.